The third-order valence-corrected chi connectivity index (χ3v) is 3.75. The van der Waals surface area contributed by atoms with Gasteiger partial charge in [0, 0.05) is 25.5 Å². The predicted octanol–water partition coefficient (Wildman–Crippen LogP) is 2.32. The summed E-state index contributed by atoms with van der Waals surface area (Å²) >= 11 is 6.02. The van der Waals surface area contributed by atoms with Crippen LogP contribution in [0.5, 0.6) is 0 Å². The molecule has 1 unspecified atom stereocenters. The number of nitrogens with zero attached hydrogens (tertiary/aromatic N) is 3. The molecular formula is C12H20ClN3. The van der Waals surface area contributed by atoms with Crippen molar-refractivity contribution in [2.24, 2.45) is 7.05 Å². The minimum absolute atomic E-state index is 0.547. The third-order valence-electron chi connectivity index (χ3n) is 3.39. The van der Waals surface area contributed by atoms with Crippen molar-refractivity contribution in [3.63, 3.8) is 0 Å². The summed E-state index contributed by atoms with van der Waals surface area (Å²) in [6, 6.07) is 2.71. The monoisotopic (exact) mass is 241 g/mol. The first-order valence-electron chi connectivity index (χ1n) is 6.00. The molecule has 0 radical (unpaired) electrons. The molecule has 3 nitrogen and oxygen atoms in total. The number of aryl methyl sites for hydroxylation is 2. The Balaban J connectivity index is 2.04. The SMILES string of the molecule is Cc1cc(CN2CCCCC2CCl)n(C)n1. The van der Waals surface area contributed by atoms with Crippen LogP contribution in [0.1, 0.15) is 30.7 Å². The van der Waals surface area contributed by atoms with E-state index in [9.17, 15) is 0 Å². The molecule has 0 aliphatic carbocycles. The summed E-state index contributed by atoms with van der Waals surface area (Å²) in [5.74, 6) is 0.747. The first-order valence-corrected chi connectivity index (χ1v) is 6.53. The Morgan fingerprint density at radius 2 is 2.31 bits per heavy atom. The summed E-state index contributed by atoms with van der Waals surface area (Å²) in [5, 5.41) is 4.38. The second kappa shape index (κ2) is 5.19. The molecule has 1 aliphatic heterocycles. The van der Waals surface area contributed by atoms with Gasteiger partial charge in [-0.05, 0) is 32.4 Å². The Labute approximate surface area is 102 Å². The summed E-state index contributed by atoms with van der Waals surface area (Å²) in [6.07, 6.45) is 3.85. The minimum Gasteiger partial charge on any atom is -0.293 e. The van der Waals surface area contributed by atoms with E-state index in [1.165, 1.54) is 31.5 Å². The smallest absolute Gasteiger partial charge is 0.0597 e. The summed E-state index contributed by atoms with van der Waals surface area (Å²) < 4.78 is 1.98. The van der Waals surface area contributed by atoms with Gasteiger partial charge in [0.1, 0.15) is 0 Å². The molecule has 2 rings (SSSR count). The topological polar surface area (TPSA) is 21.1 Å². The van der Waals surface area contributed by atoms with Gasteiger partial charge in [-0.1, -0.05) is 6.42 Å². The fourth-order valence-corrected chi connectivity index (χ4v) is 2.81. The van der Waals surface area contributed by atoms with Crippen LogP contribution in [0.25, 0.3) is 0 Å². The predicted molar refractivity (Wildman–Crippen MR) is 66.7 cm³/mol. The van der Waals surface area contributed by atoms with Crippen molar-refractivity contribution in [1.82, 2.24) is 14.7 Å². The number of hydrogen-bond acceptors (Lipinski definition) is 2. The average Bonchev–Trinajstić information content (AvgIpc) is 2.58. The molecule has 16 heavy (non-hydrogen) atoms. The standard InChI is InChI=1S/C12H20ClN3/c1-10-7-12(15(2)14-10)9-16-6-4-3-5-11(16)8-13/h7,11H,3-6,8-9H2,1-2H3. The van der Waals surface area contributed by atoms with Crippen LogP contribution in [0.15, 0.2) is 6.07 Å². The molecule has 0 spiro atoms. The number of likely N-dealkylation sites (tertiary alicyclic amines) is 1. The van der Waals surface area contributed by atoms with Gasteiger partial charge in [0.2, 0.25) is 0 Å². The van der Waals surface area contributed by atoms with Gasteiger partial charge in [0.05, 0.1) is 11.4 Å². The van der Waals surface area contributed by atoms with Crippen LogP contribution in [0, 0.1) is 6.92 Å². The first kappa shape index (κ1) is 11.9. The molecule has 1 atom stereocenters. The van der Waals surface area contributed by atoms with Crippen molar-refractivity contribution < 1.29 is 0 Å². The molecule has 0 N–H and O–H groups in total. The molecule has 1 saturated heterocycles. The van der Waals surface area contributed by atoms with Gasteiger partial charge in [-0.3, -0.25) is 9.58 Å². The first-order chi connectivity index (χ1) is 7.70. The van der Waals surface area contributed by atoms with E-state index < -0.39 is 0 Å². The number of aromatic nitrogens is 2. The van der Waals surface area contributed by atoms with Crippen LogP contribution < -0.4 is 0 Å². The zero-order chi connectivity index (χ0) is 11.5. The molecule has 0 aromatic carbocycles. The van der Waals surface area contributed by atoms with Crippen molar-refractivity contribution in [3.8, 4) is 0 Å². The molecule has 1 aliphatic rings. The fraction of sp³-hybridized carbons (Fsp3) is 0.750. The van der Waals surface area contributed by atoms with Crippen LogP contribution in [-0.2, 0) is 13.6 Å². The molecule has 4 heteroatoms. The van der Waals surface area contributed by atoms with E-state index in [2.05, 4.69) is 16.1 Å². The second-order valence-corrected chi connectivity index (χ2v) is 4.98. The Kier molecular flexibility index (Phi) is 3.87. The zero-order valence-corrected chi connectivity index (χ0v) is 10.9. The average molecular weight is 242 g/mol. The molecule has 1 aromatic rings. The van der Waals surface area contributed by atoms with Crippen molar-refractivity contribution >= 4 is 11.6 Å². The second-order valence-electron chi connectivity index (χ2n) is 4.68. The number of halogens is 1. The lowest BCUT2D eigenvalue weighted by Crippen LogP contribution is -2.40. The summed E-state index contributed by atoms with van der Waals surface area (Å²) in [4.78, 5) is 2.49. The highest BCUT2D eigenvalue weighted by atomic mass is 35.5. The Hall–Kier alpha value is -0.540. The van der Waals surface area contributed by atoms with Crippen LogP contribution >= 0.6 is 11.6 Å². The lowest BCUT2D eigenvalue weighted by Gasteiger charge is -2.34. The van der Waals surface area contributed by atoms with Crippen molar-refractivity contribution in [1.29, 1.82) is 0 Å². The van der Waals surface area contributed by atoms with E-state index in [0.717, 1.165) is 18.1 Å². The highest BCUT2D eigenvalue weighted by molar-refractivity contribution is 6.18. The number of piperidine rings is 1. The molecule has 0 bridgehead atoms. The number of alkyl halides is 1. The van der Waals surface area contributed by atoms with Crippen molar-refractivity contribution in [3.05, 3.63) is 17.5 Å². The van der Waals surface area contributed by atoms with Crippen LogP contribution in [-0.4, -0.2) is 33.1 Å². The maximum atomic E-state index is 6.02. The highest BCUT2D eigenvalue weighted by Gasteiger charge is 2.22. The van der Waals surface area contributed by atoms with E-state index in [4.69, 9.17) is 11.6 Å². The quantitative estimate of drug-likeness (QED) is 0.758. The fourth-order valence-electron chi connectivity index (χ4n) is 2.46. The van der Waals surface area contributed by atoms with Crippen LogP contribution in [0.2, 0.25) is 0 Å². The van der Waals surface area contributed by atoms with Gasteiger partial charge < -0.3 is 0 Å². The largest absolute Gasteiger partial charge is 0.293 e. The van der Waals surface area contributed by atoms with E-state index in [-0.39, 0.29) is 0 Å². The van der Waals surface area contributed by atoms with E-state index >= 15 is 0 Å². The normalized spacial score (nSPS) is 22.6. The van der Waals surface area contributed by atoms with Crippen molar-refractivity contribution in [2.75, 3.05) is 12.4 Å². The van der Waals surface area contributed by atoms with E-state index in [1.54, 1.807) is 0 Å². The van der Waals surface area contributed by atoms with Crippen LogP contribution in [0.4, 0.5) is 0 Å². The van der Waals surface area contributed by atoms with Crippen LogP contribution in [0.3, 0.4) is 0 Å². The number of rotatable bonds is 3. The Bertz CT molecular complexity index is 348. The molecule has 1 aromatic heterocycles. The van der Waals surface area contributed by atoms with E-state index in [1.807, 2.05) is 18.7 Å². The van der Waals surface area contributed by atoms with Gasteiger partial charge in [0.15, 0.2) is 0 Å². The van der Waals surface area contributed by atoms with Gasteiger partial charge in [0.25, 0.3) is 0 Å². The highest BCUT2D eigenvalue weighted by Crippen LogP contribution is 2.20. The molecule has 2 heterocycles. The van der Waals surface area contributed by atoms with E-state index in [0.29, 0.717) is 6.04 Å². The molecular weight excluding hydrogens is 222 g/mol. The maximum absolute atomic E-state index is 6.02. The van der Waals surface area contributed by atoms with Gasteiger partial charge >= 0.3 is 0 Å². The molecule has 0 amide bonds. The number of hydrogen-bond donors (Lipinski definition) is 0. The summed E-state index contributed by atoms with van der Waals surface area (Å²) in [6.45, 7) is 4.19. The summed E-state index contributed by atoms with van der Waals surface area (Å²) in [5.41, 5.74) is 2.38. The Morgan fingerprint density at radius 1 is 1.50 bits per heavy atom. The van der Waals surface area contributed by atoms with Crippen molar-refractivity contribution in [2.45, 2.75) is 38.8 Å². The Morgan fingerprint density at radius 3 is 2.94 bits per heavy atom. The lowest BCUT2D eigenvalue weighted by atomic mass is 10.0. The van der Waals surface area contributed by atoms with Gasteiger partial charge in [-0.15, -0.1) is 11.6 Å². The molecule has 1 fully saturated rings. The minimum atomic E-state index is 0.547. The lowest BCUT2D eigenvalue weighted by molar-refractivity contribution is 0.151. The summed E-state index contributed by atoms with van der Waals surface area (Å²) in [7, 11) is 2.02. The third kappa shape index (κ3) is 2.58. The van der Waals surface area contributed by atoms with Gasteiger partial charge in [-0.2, -0.15) is 5.10 Å². The zero-order valence-electron chi connectivity index (χ0n) is 10.1. The molecule has 0 saturated carbocycles. The molecule has 90 valence electrons. The maximum Gasteiger partial charge on any atom is 0.0597 e. The van der Waals surface area contributed by atoms with Gasteiger partial charge in [-0.25, -0.2) is 0 Å².